The Balaban J connectivity index is 1.80. The maximum Gasteiger partial charge on any atom is 0.203 e. The van der Waals surface area contributed by atoms with Crippen molar-refractivity contribution in [1.29, 1.82) is 0 Å². The third-order valence-corrected chi connectivity index (χ3v) is 4.44. The van der Waals surface area contributed by atoms with Crippen LogP contribution >= 0.6 is 11.3 Å². The van der Waals surface area contributed by atoms with Gasteiger partial charge >= 0.3 is 0 Å². The summed E-state index contributed by atoms with van der Waals surface area (Å²) in [5, 5.41) is 6.95. The SMILES string of the molecule is COc1ccc(OC)c(OC)c1C=NNc1nc(-c2ccccc2)cs1. The van der Waals surface area contributed by atoms with Crippen molar-refractivity contribution in [2.45, 2.75) is 0 Å². The molecular formula is C19H19N3O3S. The van der Waals surface area contributed by atoms with Crippen molar-refractivity contribution in [3.63, 3.8) is 0 Å². The van der Waals surface area contributed by atoms with Crippen LogP contribution in [-0.4, -0.2) is 32.5 Å². The molecule has 134 valence electrons. The molecule has 0 aliphatic rings. The summed E-state index contributed by atoms with van der Waals surface area (Å²) in [6.45, 7) is 0. The molecule has 7 heteroatoms. The number of aromatic nitrogens is 1. The molecule has 0 atom stereocenters. The Morgan fingerprint density at radius 1 is 0.962 bits per heavy atom. The third kappa shape index (κ3) is 3.78. The summed E-state index contributed by atoms with van der Waals surface area (Å²) in [4.78, 5) is 4.54. The standard InChI is InChI=1S/C19H19N3O3S/c1-23-16-9-10-17(24-2)18(25-3)14(16)11-20-22-19-21-15(12-26-19)13-7-5-4-6-8-13/h4-12H,1-3H3,(H,21,22). The minimum absolute atomic E-state index is 0.557. The topological polar surface area (TPSA) is 65.0 Å². The summed E-state index contributed by atoms with van der Waals surface area (Å²) in [6.07, 6.45) is 1.63. The minimum Gasteiger partial charge on any atom is -0.496 e. The van der Waals surface area contributed by atoms with Crippen molar-refractivity contribution >= 4 is 22.7 Å². The molecule has 0 radical (unpaired) electrons. The molecule has 0 saturated heterocycles. The average Bonchev–Trinajstić information content (AvgIpc) is 3.17. The zero-order valence-corrected chi connectivity index (χ0v) is 15.5. The van der Waals surface area contributed by atoms with E-state index in [0.29, 0.717) is 27.9 Å². The van der Waals surface area contributed by atoms with Gasteiger partial charge < -0.3 is 14.2 Å². The van der Waals surface area contributed by atoms with Gasteiger partial charge in [-0.2, -0.15) is 5.10 Å². The predicted molar refractivity (Wildman–Crippen MR) is 105 cm³/mol. The van der Waals surface area contributed by atoms with E-state index in [4.69, 9.17) is 14.2 Å². The van der Waals surface area contributed by atoms with E-state index in [9.17, 15) is 0 Å². The smallest absolute Gasteiger partial charge is 0.203 e. The van der Waals surface area contributed by atoms with Crippen LogP contribution in [0.5, 0.6) is 17.2 Å². The molecule has 1 N–H and O–H groups in total. The highest BCUT2D eigenvalue weighted by atomic mass is 32.1. The van der Waals surface area contributed by atoms with Gasteiger partial charge in [-0.1, -0.05) is 30.3 Å². The fraction of sp³-hybridized carbons (Fsp3) is 0.158. The molecule has 3 rings (SSSR count). The number of nitrogens with zero attached hydrogens (tertiary/aromatic N) is 2. The lowest BCUT2D eigenvalue weighted by Gasteiger charge is -2.13. The monoisotopic (exact) mass is 369 g/mol. The van der Waals surface area contributed by atoms with E-state index in [1.54, 1.807) is 39.7 Å². The van der Waals surface area contributed by atoms with Gasteiger partial charge in [0, 0.05) is 10.9 Å². The Bertz CT molecular complexity index is 894. The fourth-order valence-corrected chi connectivity index (χ4v) is 3.12. The number of methoxy groups -OCH3 is 3. The van der Waals surface area contributed by atoms with Crippen LogP contribution in [0.25, 0.3) is 11.3 Å². The Morgan fingerprint density at radius 3 is 2.38 bits per heavy atom. The van der Waals surface area contributed by atoms with Crippen LogP contribution in [0.2, 0.25) is 0 Å². The number of hydrazone groups is 1. The van der Waals surface area contributed by atoms with E-state index in [0.717, 1.165) is 11.3 Å². The van der Waals surface area contributed by atoms with Gasteiger partial charge in [-0.25, -0.2) is 4.98 Å². The largest absolute Gasteiger partial charge is 0.496 e. The number of thiazole rings is 1. The van der Waals surface area contributed by atoms with E-state index in [1.807, 2.05) is 35.7 Å². The second-order valence-electron chi connectivity index (χ2n) is 5.19. The highest BCUT2D eigenvalue weighted by molar-refractivity contribution is 7.14. The molecule has 0 aliphatic heterocycles. The predicted octanol–water partition coefficient (Wildman–Crippen LogP) is 4.28. The van der Waals surface area contributed by atoms with E-state index >= 15 is 0 Å². The molecule has 6 nitrogen and oxygen atoms in total. The highest BCUT2D eigenvalue weighted by Crippen LogP contribution is 2.36. The van der Waals surface area contributed by atoms with Gasteiger partial charge in [0.2, 0.25) is 5.13 Å². The van der Waals surface area contributed by atoms with Crippen molar-refractivity contribution in [3.05, 3.63) is 53.4 Å². The number of rotatable bonds is 7. The first kappa shape index (κ1) is 17.8. The molecule has 0 fully saturated rings. The maximum absolute atomic E-state index is 5.44. The van der Waals surface area contributed by atoms with Gasteiger partial charge in [0.05, 0.1) is 38.8 Å². The van der Waals surface area contributed by atoms with Gasteiger partial charge in [0.15, 0.2) is 11.5 Å². The van der Waals surface area contributed by atoms with Crippen molar-refractivity contribution in [2.75, 3.05) is 26.8 Å². The Hall–Kier alpha value is -3.06. The molecular weight excluding hydrogens is 350 g/mol. The zero-order chi connectivity index (χ0) is 18.4. The summed E-state index contributed by atoms with van der Waals surface area (Å²) < 4.78 is 16.1. The van der Waals surface area contributed by atoms with E-state index in [1.165, 1.54) is 11.3 Å². The van der Waals surface area contributed by atoms with Gasteiger partial charge in [0.1, 0.15) is 5.75 Å². The molecule has 1 heterocycles. The van der Waals surface area contributed by atoms with Crippen molar-refractivity contribution in [3.8, 4) is 28.5 Å². The molecule has 3 aromatic rings. The lowest BCUT2D eigenvalue weighted by atomic mass is 10.1. The molecule has 0 spiro atoms. The molecule has 26 heavy (non-hydrogen) atoms. The van der Waals surface area contributed by atoms with Crippen LogP contribution in [0.15, 0.2) is 52.9 Å². The van der Waals surface area contributed by atoms with Gasteiger partial charge in [-0.15, -0.1) is 11.3 Å². The second kappa shape index (κ2) is 8.35. The third-order valence-electron chi connectivity index (χ3n) is 3.69. The molecule has 0 amide bonds. The zero-order valence-electron chi connectivity index (χ0n) is 14.7. The lowest BCUT2D eigenvalue weighted by molar-refractivity contribution is 0.348. The summed E-state index contributed by atoms with van der Waals surface area (Å²) in [5.41, 5.74) is 5.60. The number of hydrogen-bond donors (Lipinski definition) is 1. The van der Waals surface area contributed by atoms with Gasteiger partial charge in [-0.05, 0) is 12.1 Å². The minimum atomic E-state index is 0.557. The molecule has 0 saturated carbocycles. The van der Waals surface area contributed by atoms with E-state index in [2.05, 4.69) is 15.5 Å². The Kier molecular flexibility index (Phi) is 5.70. The van der Waals surface area contributed by atoms with Crippen LogP contribution < -0.4 is 19.6 Å². The average molecular weight is 369 g/mol. The molecule has 0 aliphatic carbocycles. The fourth-order valence-electron chi connectivity index (χ4n) is 2.45. The quantitative estimate of drug-likeness (QED) is 0.497. The van der Waals surface area contributed by atoms with Gasteiger partial charge in [-0.3, -0.25) is 5.43 Å². The highest BCUT2D eigenvalue weighted by Gasteiger charge is 2.14. The van der Waals surface area contributed by atoms with E-state index < -0.39 is 0 Å². The van der Waals surface area contributed by atoms with Crippen molar-refractivity contribution in [1.82, 2.24) is 4.98 Å². The molecule has 0 bridgehead atoms. The molecule has 2 aromatic carbocycles. The number of ether oxygens (including phenoxy) is 3. The summed E-state index contributed by atoms with van der Waals surface area (Å²) in [5.74, 6) is 1.80. The second-order valence-corrected chi connectivity index (χ2v) is 6.05. The Labute approximate surface area is 156 Å². The van der Waals surface area contributed by atoms with Gasteiger partial charge in [0.25, 0.3) is 0 Å². The van der Waals surface area contributed by atoms with Crippen molar-refractivity contribution < 1.29 is 14.2 Å². The number of nitrogens with one attached hydrogen (secondary N) is 1. The normalized spacial score (nSPS) is 10.7. The first-order chi connectivity index (χ1) is 12.8. The summed E-state index contributed by atoms with van der Waals surface area (Å²) >= 11 is 1.48. The van der Waals surface area contributed by atoms with Crippen LogP contribution in [0.4, 0.5) is 5.13 Å². The van der Waals surface area contributed by atoms with Crippen molar-refractivity contribution in [2.24, 2.45) is 5.10 Å². The number of benzene rings is 2. The first-order valence-corrected chi connectivity index (χ1v) is 8.73. The summed E-state index contributed by atoms with van der Waals surface area (Å²) in [7, 11) is 4.76. The van der Waals surface area contributed by atoms with Crippen LogP contribution in [0.3, 0.4) is 0 Å². The lowest BCUT2D eigenvalue weighted by Crippen LogP contribution is -2.00. The van der Waals surface area contributed by atoms with Crippen LogP contribution in [-0.2, 0) is 0 Å². The van der Waals surface area contributed by atoms with Crippen LogP contribution in [0, 0.1) is 0 Å². The molecule has 0 unspecified atom stereocenters. The van der Waals surface area contributed by atoms with Crippen LogP contribution in [0.1, 0.15) is 5.56 Å². The maximum atomic E-state index is 5.44. The van der Waals surface area contributed by atoms with E-state index in [-0.39, 0.29) is 0 Å². The Morgan fingerprint density at radius 2 is 1.69 bits per heavy atom. The number of hydrogen-bond acceptors (Lipinski definition) is 7. The summed E-state index contributed by atoms with van der Waals surface area (Å²) in [6, 6.07) is 13.6. The first-order valence-electron chi connectivity index (χ1n) is 7.85. The molecule has 1 aromatic heterocycles. The number of anilines is 1.